The number of benzene rings is 1. The highest BCUT2D eigenvalue weighted by Gasteiger charge is 2.10. The maximum absolute atomic E-state index is 11.1. The fourth-order valence-corrected chi connectivity index (χ4v) is 1.60. The predicted molar refractivity (Wildman–Crippen MR) is 71.1 cm³/mol. The fraction of sp³-hybridized carbons (Fsp3) is 0.0769. The van der Waals surface area contributed by atoms with Gasteiger partial charge in [0.05, 0.1) is 5.57 Å². The molecule has 0 heterocycles. The van der Waals surface area contributed by atoms with Gasteiger partial charge in [-0.1, -0.05) is 28.1 Å². The van der Waals surface area contributed by atoms with Gasteiger partial charge in [-0.25, -0.2) is 9.59 Å². The van der Waals surface area contributed by atoms with E-state index in [1.807, 2.05) is 0 Å². The fourth-order valence-electron chi connectivity index (χ4n) is 1.33. The average Bonchev–Trinajstić information content (AvgIpc) is 2.26. The molecule has 0 bridgehead atoms. The Bertz CT molecular complexity index is 526. The van der Waals surface area contributed by atoms with E-state index in [1.165, 1.54) is 13.0 Å². The van der Waals surface area contributed by atoms with Crippen LogP contribution in [0.5, 0.6) is 0 Å². The van der Waals surface area contributed by atoms with Gasteiger partial charge in [-0.15, -0.1) is 0 Å². The van der Waals surface area contributed by atoms with Crippen molar-refractivity contribution >= 4 is 33.9 Å². The Hall–Kier alpha value is -1.88. The summed E-state index contributed by atoms with van der Waals surface area (Å²) in [5.74, 6) is -2.33. The first-order valence-electron chi connectivity index (χ1n) is 5.02. The molecule has 0 aliphatic carbocycles. The van der Waals surface area contributed by atoms with Crippen LogP contribution in [0, 0.1) is 0 Å². The molecule has 1 aromatic rings. The van der Waals surface area contributed by atoms with Crippen molar-refractivity contribution < 1.29 is 19.8 Å². The zero-order valence-corrected chi connectivity index (χ0v) is 11.1. The van der Waals surface area contributed by atoms with Gasteiger partial charge in [-0.05, 0) is 36.3 Å². The van der Waals surface area contributed by atoms with Gasteiger partial charge in [0.1, 0.15) is 0 Å². The van der Waals surface area contributed by atoms with E-state index in [-0.39, 0.29) is 11.1 Å². The highest BCUT2D eigenvalue weighted by Crippen LogP contribution is 2.17. The third-order valence-corrected chi connectivity index (χ3v) is 2.70. The number of aliphatic carboxylic acids is 2. The number of carboxylic acid groups (broad SMARTS) is 2. The molecule has 0 aliphatic rings. The van der Waals surface area contributed by atoms with Gasteiger partial charge in [0.2, 0.25) is 0 Å². The van der Waals surface area contributed by atoms with Crippen LogP contribution >= 0.6 is 15.9 Å². The minimum Gasteiger partial charge on any atom is -0.478 e. The van der Waals surface area contributed by atoms with E-state index in [2.05, 4.69) is 15.9 Å². The van der Waals surface area contributed by atoms with Crippen molar-refractivity contribution in [2.75, 3.05) is 0 Å². The van der Waals surface area contributed by atoms with E-state index < -0.39 is 11.9 Å². The summed E-state index contributed by atoms with van der Waals surface area (Å²) < 4.78 is 0.884. The lowest BCUT2D eigenvalue weighted by atomic mass is 10.0. The second kappa shape index (κ2) is 6.16. The van der Waals surface area contributed by atoms with Crippen LogP contribution in [0.15, 0.2) is 46.0 Å². The molecule has 94 valence electrons. The lowest BCUT2D eigenvalue weighted by Gasteiger charge is -2.02. The summed E-state index contributed by atoms with van der Waals surface area (Å²) in [4.78, 5) is 21.6. The number of halogens is 1. The smallest absolute Gasteiger partial charge is 0.335 e. The highest BCUT2D eigenvalue weighted by molar-refractivity contribution is 9.10. The largest absolute Gasteiger partial charge is 0.478 e. The molecular weight excluding hydrogens is 300 g/mol. The Labute approximate surface area is 112 Å². The molecule has 5 heteroatoms. The number of carboxylic acids is 2. The number of rotatable bonds is 4. The van der Waals surface area contributed by atoms with Crippen LogP contribution in [0.4, 0.5) is 0 Å². The molecule has 4 nitrogen and oxygen atoms in total. The van der Waals surface area contributed by atoms with Gasteiger partial charge < -0.3 is 10.2 Å². The molecule has 2 N–H and O–H groups in total. The minimum atomic E-state index is -1.17. The van der Waals surface area contributed by atoms with Crippen molar-refractivity contribution in [2.45, 2.75) is 6.92 Å². The van der Waals surface area contributed by atoms with Crippen LogP contribution in [0.1, 0.15) is 12.5 Å². The molecule has 0 saturated heterocycles. The van der Waals surface area contributed by atoms with Crippen molar-refractivity contribution in [1.82, 2.24) is 0 Å². The lowest BCUT2D eigenvalue weighted by molar-refractivity contribution is -0.132. The summed E-state index contributed by atoms with van der Waals surface area (Å²) in [6, 6.07) is 7.03. The van der Waals surface area contributed by atoms with Crippen molar-refractivity contribution in [3.8, 4) is 0 Å². The summed E-state index contributed by atoms with van der Waals surface area (Å²) in [5, 5.41) is 17.7. The van der Waals surface area contributed by atoms with Crippen LogP contribution in [0.2, 0.25) is 0 Å². The zero-order chi connectivity index (χ0) is 13.7. The Morgan fingerprint density at radius 1 is 1.17 bits per heavy atom. The van der Waals surface area contributed by atoms with Crippen LogP contribution in [-0.4, -0.2) is 22.2 Å². The Morgan fingerprint density at radius 3 is 2.17 bits per heavy atom. The lowest BCUT2D eigenvalue weighted by Crippen LogP contribution is -2.03. The molecule has 1 rings (SSSR count). The standard InChI is InChI=1S/C13H11BrO4/c1-8(6-12(15)16)11(13(17)18)7-9-2-4-10(14)5-3-9/h2-7H,1H3,(H,15,16)(H,17,18)/b8-6+,11-7+. The SMILES string of the molecule is CC(=C\C(=O)O)/C(=C\c1ccc(Br)cc1)C(=O)O. The monoisotopic (exact) mass is 310 g/mol. The molecule has 0 atom stereocenters. The molecule has 0 spiro atoms. The van der Waals surface area contributed by atoms with Crippen molar-refractivity contribution in [1.29, 1.82) is 0 Å². The summed E-state index contributed by atoms with van der Waals surface area (Å²) >= 11 is 3.28. The van der Waals surface area contributed by atoms with Gasteiger partial charge in [-0.2, -0.15) is 0 Å². The molecule has 0 amide bonds. The molecule has 1 aromatic carbocycles. The molecule has 0 aromatic heterocycles. The van der Waals surface area contributed by atoms with E-state index in [4.69, 9.17) is 10.2 Å². The molecule has 0 unspecified atom stereocenters. The first kappa shape index (κ1) is 14.2. The third kappa shape index (κ3) is 4.18. The van der Waals surface area contributed by atoms with E-state index in [9.17, 15) is 9.59 Å². The Morgan fingerprint density at radius 2 is 1.72 bits per heavy atom. The zero-order valence-electron chi connectivity index (χ0n) is 9.55. The predicted octanol–water partition coefficient (Wildman–Crippen LogP) is 2.95. The van der Waals surface area contributed by atoms with Gasteiger partial charge in [0, 0.05) is 10.5 Å². The molecule has 0 radical (unpaired) electrons. The van der Waals surface area contributed by atoms with Crippen LogP contribution in [0.25, 0.3) is 6.08 Å². The Balaban J connectivity index is 3.17. The minimum absolute atomic E-state index is 0.0419. The molecule has 18 heavy (non-hydrogen) atoms. The van der Waals surface area contributed by atoms with Crippen molar-refractivity contribution in [3.05, 3.63) is 51.5 Å². The van der Waals surface area contributed by atoms with E-state index in [0.29, 0.717) is 5.56 Å². The third-order valence-electron chi connectivity index (χ3n) is 2.18. The molecule has 0 fully saturated rings. The number of hydrogen-bond acceptors (Lipinski definition) is 2. The van der Waals surface area contributed by atoms with E-state index in [0.717, 1.165) is 10.5 Å². The first-order chi connectivity index (χ1) is 8.40. The van der Waals surface area contributed by atoms with Gasteiger partial charge in [0.25, 0.3) is 0 Å². The van der Waals surface area contributed by atoms with Gasteiger partial charge in [0.15, 0.2) is 0 Å². The summed E-state index contributed by atoms with van der Waals surface area (Å²) in [6.07, 6.45) is 2.31. The topological polar surface area (TPSA) is 74.6 Å². The van der Waals surface area contributed by atoms with Gasteiger partial charge in [-0.3, -0.25) is 0 Å². The van der Waals surface area contributed by atoms with E-state index >= 15 is 0 Å². The quantitative estimate of drug-likeness (QED) is 0.662. The summed E-state index contributed by atoms with van der Waals surface area (Å²) in [7, 11) is 0. The highest BCUT2D eigenvalue weighted by atomic mass is 79.9. The molecule has 0 aliphatic heterocycles. The first-order valence-corrected chi connectivity index (χ1v) is 5.81. The Kier molecular flexibility index (Phi) is 4.85. The number of carbonyl (C=O) groups is 2. The van der Waals surface area contributed by atoms with Crippen LogP contribution in [-0.2, 0) is 9.59 Å². The maximum Gasteiger partial charge on any atom is 0.335 e. The van der Waals surface area contributed by atoms with Crippen molar-refractivity contribution in [2.24, 2.45) is 0 Å². The van der Waals surface area contributed by atoms with Crippen molar-refractivity contribution in [3.63, 3.8) is 0 Å². The molecule has 0 saturated carbocycles. The number of hydrogen-bond donors (Lipinski definition) is 2. The summed E-state index contributed by atoms with van der Waals surface area (Å²) in [5.41, 5.74) is 0.839. The normalized spacial score (nSPS) is 12.3. The van der Waals surface area contributed by atoms with Crippen LogP contribution < -0.4 is 0 Å². The average molecular weight is 311 g/mol. The second-order valence-corrected chi connectivity index (χ2v) is 4.50. The second-order valence-electron chi connectivity index (χ2n) is 3.58. The maximum atomic E-state index is 11.1. The van der Waals surface area contributed by atoms with E-state index in [1.54, 1.807) is 24.3 Å². The van der Waals surface area contributed by atoms with Crippen LogP contribution in [0.3, 0.4) is 0 Å². The summed E-state index contributed by atoms with van der Waals surface area (Å²) in [6.45, 7) is 1.45. The van der Waals surface area contributed by atoms with Gasteiger partial charge >= 0.3 is 11.9 Å². The molecular formula is C13H11BrO4.